The van der Waals surface area contributed by atoms with Crippen molar-refractivity contribution in [1.82, 2.24) is 5.32 Å². The number of anilines is 3. The van der Waals surface area contributed by atoms with Gasteiger partial charge in [-0.15, -0.1) is 0 Å². The average Bonchev–Trinajstić information content (AvgIpc) is 3.30. The van der Waals surface area contributed by atoms with Crippen LogP contribution in [0, 0.1) is 0 Å². The van der Waals surface area contributed by atoms with Gasteiger partial charge in [-0.05, 0) is 81.9 Å². The molecule has 0 spiro atoms. The van der Waals surface area contributed by atoms with E-state index in [4.69, 9.17) is 9.05 Å². The van der Waals surface area contributed by atoms with Crippen molar-refractivity contribution in [3.05, 3.63) is 83.9 Å². The first-order valence-corrected chi connectivity index (χ1v) is 15.3. The second-order valence-electron chi connectivity index (χ2n) is 9.43. The molecule has 0 saturated carbocycles. The van der Waals surface area contributed by atoms with Crippen molar-refractivity contribution in [3.63, 3.8) is 0 Å². The van der Waals surface area contributed by atoms with Gasteiger partial charge in [-0.2, -0.15) is 0 Å². The van der Waals surface area contributed by atoms with Crippen LogP contribution >= 0.6 is 7.60 Å². The van der Waals surface area contributed by atoms with E-state index in [1.54, 1.807) is 43.9 Å². The second-order valence-corrected chi connectivity index (χ2v) is 11.5. The summed E-state index contributed by atoms with van der Waals surface area (Å²) in [6.07, 6.45) is 0.830. The lowest BCUT2D eigenvalue weighted by Gasteiger charge is -2.22. The van der Waals surface area contributed by atoms with Crippen molar-refractivity contribution in [1.29, 1.82) is 0 Å². The Balaban J connectivity index is 1.76. The Hall–Kier alpha value is -3.75. The minimum Gasteiger partial charge on any atom is -0.354 e. The van der Waals surface area contributed by atoms with Gasteiger partial charge in [0.1, 0.15) is 0 Å². The van der Waals surface area contributed by atoms with Crippen molar-refractivity contribution in [2.75, 3.05) is 48.9 Å². The molecule has 4 rings (SSSR count). The summed E-state index contributed by atoms with van der Waals surface area (Å²) < 4.78 is 24.7. The molecule has 2 amide bonds. The van der Waals surface area contributed by atoms with E-state index in [0.717, 1.165) is 29.9 Å². The molecule has 1 heterocycles. The van der Waals surface area contributed by atoms with Crippen LogP contribution in [0.25, 0.3) is 11.3 Å². The van der Waals surface area contributed by atoms with Gasteiger partial charge >= 0.3 is 7.60 Å². The van der Waals surface area contributed by atoms with E-state index in [1.807, 2.05) is 61.6 Å². The van der Waals surface area contributed by atoms with E-state index < -0.39 is 7.60 Å². The third-order valence-corrected chi connectivity index (χ3v) is 8.72. The molecule has 3 N–H and O–H groups in total. The number of amides is 2. The second kappa shape index (κ2) is 13.7. The van der Waals surface area contributed by atoms with E-state index in [-0.39, 0.29) is 25.0 Å². The third kappa shape index (κ3) is 6.94. The molecule has 0 bridgehead atoms. The first-order chi connectivity index (χ1) is 19.8. The molecule has 0 fully saturated rings. The predicted octanol–water partition coefficient (Wildman–Crippen LogP) is 5.47. The summed E-state index contributed by atoms with van der Waals surface area (Å²) in [4.78, 5) is 27.4. The monoisotopic (exact) mass is 576 g/mol. The number of hydrogen-bond donors (Lipinski definition) is 3. The van der Waals surface area contributed by atoms with Gasteiger partial charge in [0, 0.05) is 36.1 Å². The zero-order valence-electron chi connectivity index (χ0n) is 23.9. The number of rotatable bonds is 13. The Morgan fingerprint density at radius 1 is 0.976 bits per heavy atom. The highest BCUT2D eigenvalue weighted by Crippen LogP contribution is 2.48. The van der Waals surface area contributed by atoms with E-state index in [2.05, 4.69) is 16.0 Å². The molecule has 0 atom stereocenters. The van der Waals surface area contributed by atoms with Gasteiger partial charge in [0.25, 0.3) is 5.91 Å². The largest absolute Gasteiger partial charge is 0.361 e. The lowest BCUT2D eigenvalue weighted by molar-refractivity contribution is -0.116. The van der Waals surface area contributed by atoms with Crippen molar-refractivity contribution < 1.29 is 23.2 Å². The van der Waals surface area contributed by atoms with Crippen molar-refractivity contribution in [2.24, 2.45) is 0 Å². The van der Waals surface area contributed by atoms with Crippen LogP contribution in [0.3, 0.4) is 0 Å². The predicted molar refractivity (Wildman–Crippen MR) is 165 cm³/mol. The molecule has 3 aromatic carbocycles. The van der Waals surface area contributed by atoms with Gasteiger partial charge < -0.3 is 29.9 Å². The van der Waals surface area contributed by atoms with Gasteiger partial charge in [0.2, 0.25) is 5.91 Å². The molecule has 0 unspecified atom stereocenters. The lowest BCUT2D eigenvalue weighted by atomic mass is 10.00. The maximum absolute atomic E-state index is 13.5. The molecule has 1 aliphatic rings. The molecule has 0 radical (unpaired) electrons. The fourth-order valence-corrected chi connectivity index (χ4v) is 6.33. The van der Waals surface area contributed by atoms with Gasteiger partial charge in [-0.25, -0.2) is 0 Å². The summed E-state index contributed by atoms with van der Waals surface area (Å²) in [6.45, 7) is 6.94. The van der Waals surface area contributed by atoms with Crippen LogP contribution in [0.5, 0.6) is 0 Å². The number of nitrogens with one attached hydrogen (secondary N) is 3. The van der Waals surface area contributed by atoms with Crippen LogP contribution < -0.4 is 26.2 Å². The third-order valence-electron chi connectivity index (χ3n) is 6.61. The molecular weight excluding hydrogens is 539 g/mol. The van der Waals surface area contributed by atoms with Crippen LogP contribution in [-0.4, -0.2) is 45.2 Å². The zero-order valence-corrected chi connectivity index (χ0v) is 24.8. The fraction of sp³-hybridized carbons (Fsp3) is 0.290. The van der Waals surface area contributed by atoms with Gasteiger partial charge in [0.15, 0.2) is 0 Å². The highest BCUT2D eigenvalue weighted by atomic mass is 31.2. The molecular formula is C31H37N4O5P. The molecule has 1 aliphatic heterocycles. The summed E-state index contributed by atoms with van der Waals surface area (Å²) in [5.41, 5.74) is 4.55. The standard InChI is InChI=1S/C31H37N4O5P/c1-5-39-41(38,40-6-2)26-17-18-28-27(21-26)29(31(37)34-28)30(23-11-8-7-9-12-23)33-24-13-15-25(16-14-24)35(22(3)36)20-10-19-32-4/h7-9,11-18,21,32-33H,5-6,10,19-20H2,1-4H3,(H,34,37). The molecule has 216 valence electrons. The highest BCUT2D eigenvalue weighted by Gasteiger charge is 2.33. The molecule has 10 heteroatoms. The number of carbonyl (C=O) groups excluding carboxylic acids is 2. The van der Waals surface area contributed by atoms with E-state index in [1.165, 1.54) is 0 Å². The normalized spacial score (nSPS) is 13.9. The maximum atomic E-state index is 13.5. The Labute approximate surface area is 241 Å². The van der Waals surface area contributed by atoms with Crippen molar-refractivity contribution in [2.45, 2.75) is 27.2 Å². The van der Waals surface area contributed by atoms with Crippen LogP contribution in [0.2, 0.25) is 0 Å². The summed E-state index contributed by atoms with van der Waals surface area (Å²) >= 11 is 0. The topological polar surface area (TPSA) is 109 Å². The molecule has 0 aromatic heterocycles. The van der Waals surface area contributed by atoms with Gasteiger partial charge in [0.05, 0.1) is 29.8 Å². The molecule has 41 heavy (non-hydrogen) atoms. The first-order valence-electron chi connectivity index (χ1n) is 13.8. The van der Waals surface area contributed by atoms with Crippen molar-refractivity contribution >= 4 is 53.0 Å². The Bertz CT molecular complexity index is 1450. The Morgan fingerprint density at radius 3 is 2.27 bits per heavy atom. The number of nitrogens with zero attached hydrogens (tertiary/aromatic N) is 1. The van der Waals surface area contributed by atoms with Crippen molar-refractivity contribution in [3.8, 4) is 0 Å². The average molecular weight is 577 g/mol. The van der Waals surface area contributed by atoms with E-state index >= 15 is 0 Å². The first kappa shape index (κ1) is 30.2. The fourth-order valence-electron chi connectivity index (χ4n) is 4.74. The van der Waals surface area contributed by atoms with Crippen LogP contribution in [-0.2, 0) is 23.2 Å². The molecule has 3 aromatic rings. The summed E-state index contributed by atoms with van der Waals surface area (Å²) in [5, 5.41) is 9.86. The molecule has 0 saturated heterocycles. The SMILES string of the molecule is CCOP(=O)(OCC)c1ccc2c(c1)C(=C(Nc1ccc(N(CCCNC)C(C)=O)cc1)c1ccccc1)C(=O)N2. The highest BCUT2D eigenvalue weighted by molar-refractivity contribution is 7.62. The lowest BCUT2D eigenvalue weighted by Crippen LogP contribution is -2.31. The smallest absolute Gasteiger partial charge is 0.354 e. The maximum Gasteiger partial charge on any atom is 0.361 e. The molecule has 9 nitrogen and oxygen atoms in total. The van der Waals surface area contributed by atoms with Crippen LogP contribution in [0.4, 0.5) is 17.1 Å². The summed E-state index contributed by atoms with van der Waals surface area (Å²) in [6, 6.07) is 22.2. The van der Waals surface area contributed by atoms with Gasteiger partial charge in [-0.3, -0.25) is 14.2 Å². The summed E-state index contributed by atoms with van der Waals surface area (Å²) in [7, 11) is -1.68. The minimum absolute atomic E-state index is 0.0275. The number of carbonyl (C=O) groups is 2. The zero-order chi connectivity index (χ0) is 29.4. The van der Waals surface area contributed by atoms with E-state index in [9.17, 15) is 14.2 Å². The minimum atomic E-state index is -3.57. The number of hydrogen-bond acceptors (Lipinski definition) is 7. The molecule has 0 aliphatic carbocycles. The van der Waals surface area contributed by atoms with Gasteiger partial charge in [-0.1, -0.05) is 30.3 Å². The van der Waals surface area contributed by atoms with Crippen LogP contribution in [0.1, 0.15) is 38.3 Å². The van der Waals surface area contributed by atoms with Crippen LogP contribution in [0.15, 0.2) is 72.8 Å². The summed E-state index contributed by atoms with van der Waals surface area (Å²) in [5.74, 6) is -0.310. The Morgan fingerprint density at radius 2 is 1.66 bits per heavy atom. The Kier molecular flexibility index (Phi) is 10.1. The number of fused-ring (bicyclic) bond motifs is 1. The van der Waals surface area contributed by atoms with E-state index in [0.29, 0.717) is 34.4 Å². The quantitative estimate of drug-likeness (QED) is 0.141. The number of benzene rings is 3.